The molecule has 2 aliphatic carbocycles. The Kier molecular flexibility index (Phi) is 11.5. The van der Waals surface area contributed by atoms with Gasteiger partial charge in [-0.1, -0.05) is 30.7 Å². The molecule has 1 aromatic carbocycles. The van der Waals surface area contributed by atoms with E-state index in [1.807, 2.05) is 37.3 Å². The topological polar surface area (TPSA) is 65.5 Å². The highest BCUT2D eigenvalue weighted by molar-refractivity contribution is 6.13. The molecule has 1 fully saturated rings. The number of alkyl halides is 3. The SMILES string of the molecule is C/C=C1/CC=C(c2cc(OC)c(CCCC3CC[C@H]3C/C=C(/C)C(=O)C(F)(F)F)c(OC)c2)c2cc(/C=C(\C)CC)ncc2C1=O. The van der Waals surface area contributed by atoms with E-state index in [1.54, 1.807) is 20.4 Å². The third kappa shape index (κ3) is 7.88. The van der Waals surface area contributed by atoms with Gasteiger partial charge in [0.25, 0.3) is 5.78 Å². The monoisotopic (exact) mass is 635 g/mol. The predicted octanol–water partition coefficient (Wildman–Crippen LogP) is 9.69. The number of allylic oxidation sites excluding steroid dienone is 6. The molecule has 8 heteroatoms. The van der Waals surface area contributed by atoms with Gasteiger partial charge in [-0.25, -0.2) is 0 Å². The lowest BCUT2D eigenvalue weighted by Crippen LogP contribution is -2.26. The molecule has 2 atom stereocenters. The third-order valence-electron chi connectivity index (χ3n) is 9.42. The number of methoxy groups -OCH3 is 2. The number of fused-ring (bicyclic) bond motifs is 1. The van der Waals surface area contributed by atoms with Gasteiger partial charge in [0.2, 0.25) is 0 Å². The molecule has 0 N–H and O–H groups in total. The van der Waals surface area contributed by atoms with Gasteiger partial charge in [0, 0.05) is 17.3 Å². The van der Waals surface area contributed by atoms with E-state index in [9.17, 15) is 22.8 Å². The van der Waals surface area contributed by atoms with Crippen molar-refractivity contribution in [3.05, 3.63) is 87.3 Å². The molecule has 0 spiro atoms. The lowest BCUT2D eigenvalue weighted by Gasteiger charge is -2.36. The molecule has 1 unspecified atom stereocenters. The van der Waals surface area contributed by atoms with Gasteiger partial charge in [-0.05, 0) is 136 Å². The highest BCUT2D eigenvalue weighted by Gasteiger charge is 2.39. The van der Waals surface area contributed by atoms with Gasteiger partial charge in [0.05, 0.1) is 19.9 Å². The Labute approximate surface area is 270 Å². The lowest BCUT2D eigenvalue weighted by atomic mass is 9.69. The maximum Gasteiger partial charge on any atom is 0.454 e. The van der Waals surface area contributed by atoms with Crippen LogP contribution in [-0.4, -0.2) is 36.9 Å². The van der Waals surface area contributed by atoms with E-state index in [1.165, 1.54) is 18.6 Å². The van der Waals surface area contributed by atoms with Crippen LogP contribution in [0.5, 0.6) is 11.5 Å². The standard InChI is InChI=1S/C38H44F3NO4/c1-7-23(3)18-29-21-32-30(17-16-25(8-2)36(43)33(32)22-42-29)28-19-34(45-5)31(35(20-28)46-6)11-9-10-26-14-15-27(26)13-12-24(4)37(44)38(39,40)41/h8,12,17-22,26-27H,7,9-11,13-16H2,1-6H3/b23-18+,24-12-,25-8-/t26?,27-/m1/s1. The highest BCUT2D eigenvalue weighted by Crippen LogP contribution is 2.43. The molecule has 0 radical (unpaired) electrons. The second-order valence-corrected chi connectivity index (χ2v) is 12.3. The van der Waals surface area contributed by atoms with Crippen LogP contribution in [0.4, 0.5) is 13.2 Å². The molecule has 0 bridgehead atoms. The maximum atomic E-state index is 13.4. The van der Waals surface area contributed by atoms with Gasteiger partial charge in [-0.2, -0.15) is 13.2 Å². The van der Waals surface area contributed by atoms with E-state index in [-0.39, 0.29) is 17.3 Å². The molecule has 0 aliphatic heterocycles. The van der Waals surface area contributed by atoms with Gasteiger partial charge in [-0.15, -0.1) is 0 Å². The van der Waals surface area contributed by atoms with Crippen molar-refractivity contribution in [2.24, 2.45) is 11.8 Å². The number of hydrogen-bond acceptors (Lipinski definition) is 5. The van der Waals surface area contributed by atoms with Crippen molar-refractivity contribution in [1.29, 1.82) is 0 Å². The number of carbonyl (C=O) groups is 2. The molecule has 46 heavy (non-hydrogen) atoms. The molecule has 5 nitrogen and oxygen atoms in total. The van der Waals surface area contributed by atoms with Crippen LogP contribution >= 0.6 is 0 Å². The Morgan fingerprint density at radius 2 is 1.72 bits per heavy atom. The Balaban J connectivity index is 1.57. The number of pyridine rings is 1. The van der Waals surface area contributed by atoms with Gasteiger partial charge in [-0.3, -0.25) is 14.6 Å². The molecule has 246 valence electrons. The first kappa shape index (κ1) is 34.9. The number of ether oxygens (including phenoxy) is 2. The number of benzene rings is 1. The van der Waals surface area contributed by atoms with Crippen LogP contribution in [0.25, 0.3) is 11.6 Å². The molecule has 2 aromatic rings. The fraction of sp³-hybridized carbons (Fsp3) is 0.447. The fourth-order valence-corrected chi connectivity index (χ4v) is 6.32. The molecular formula is C38H44F3NO4. The summed E-state index contributed by atoms with van der Waals surface area (Å²) >= 11 is 0. The Bertz CT molecular complexity index is 1570. The number of Topliss-reactive ketones (excluding diaryl/α,β-unsaturated/α-hetero) is 2. The summed E-state index contributed by atoms with van der Waals surface area (Å²) in [7, 11) is 3.27. The summed E-state index contributed by atoms with van der Waals surface area (Å²) in [4.78, 5) is 29.5. The van der Waals surface area contributed by atoms with Crippen molar-refractivity contribution in [1.82, 2.24) is 4.98 Å². The van der Waals surface area contributed by atoms with Crippen LogP contribution in [0.3, 0.4) is 0 Å². The summed E-state index contributed by atoms with van der Waals surface area (Å²) in [6, 6.07) is 5.99. The predicted molar refractivity (Wildman–Crippen MR) is 176 cm³/mol. The molecule has 2 aliphatic rings. The first-order chi connectivity index (χ1) is 21.9. The molecule has 0 saturated heterocycles. The summed E-state index contributed by atoms with van der Waals surface area (Å²) < 4.78 is 50.0. The van der Waals surface area contributed by atoms with E-state index in [4.69, 9.17) is 9.47 Å². The number of halogens is 3. The zero-order chi connectivity index (χ0) is 33.6. The van der Waals surface area contributed by atoms with Crippen LogP contribution in [0, 0.1) is 11.8 Å². The van der Waals surface area contributed by atoms with Crippen molar-refractivity contribution in [3.8, 4) is 11.5 Å². The Hall–Kier alpha value is -3.94. The Morgan fingerprint density at radius 1 is 1.04 bits per heavy atom. The number of aromatic nitrogens is 1. The second kappa shape index (κ2) is 15.1. The molecule has 1 aromatic heterocycles. The summed E-state index contributed by atoms with van der Waals surface area (Å²) in [5.41, 5.74) is 6.60. The summed E-state index contributed by atoms with van der Waals surface area (Å²) in [6.45, 7) is 7.27. The zero-order valence-corrected chi connectivity index (χ0v) is 27.6. The van der Waals surface area contributed by atoms with Crippen LogP contribution in [-0.2, 0) is 11.2 Å². The van der Waals surface area contributed by atoms with Gasteiger partial charge >= 0.3 is 6.18 Å². The first-order valence-corrected chi connectivity index (χ1v) is 16.0. The summed E-state index contributed by atoms with van der Waals surface area (Å²) in [5.74, 6) is 0.294. The summed E-state index contributed by atoms with van der Waals surface area (Å²) in [6.07, 6.45) is 10.6. The van der Waals surface area contributed by atoms with Crippen LogP contribution in [0.15, 0.2) is 59.3 Å². The minimum Gasteiger partial charge on any atom is -0.496 e. The average molecular weight is 636 g/mol. The van der Waals surface area contributed by atoms with Crippen LogP contribution in [0.1, 0.15) is 105 Å². The van der Waals surface area contributed by atoms with E-state index in [2.05, 4.69) is 24.9 Å². The van der Waals surface area contributed by atoms with E-state index in [0.29, 0.717) is 47.8 Å². The van der Waals surface area contributed by atoms with Crippen molar-refractivity contribution in [3.63, 3.8) is 0 Å². The van der Waals surface area contributed by atoms with Crippen LogP contribution in [0.2, 0.25) is 0 Å². The number of ketones is 2. The third-order valence-corrected chi connectivity index (χ3v) is 9.42. The zero-order valence-electron chi connectivity index (χ0n) is 27.6. The highest BCUT2D eigenvalue weighted by atomic mass is 19.4. The fourth-order valence-electron chi connectivity index (χ4n) is 6.32. The van der Waals surface area contributed by atoms with E-state index < -0.39 is 12.0 Å². The number of rotatable bonds is 12. The number of carbonyl (C=O) groups excluding carboxylic acids is 2. The normalized spacial score (nSPS) is 19.7. The van der Waals surface area contributed by atoms with Crippen LogP contribution < -0.4 is 9.47 Å². The summed E-state index contributed by atoms with van der Waals surface area (Å²) in [5, 5.41) is 0. The first-order valence-electron chi connectivity index (χ1n) is 16.0. The molecular weight excluding hydrogens is 591 g/mol. The van der Waals surface area contributed by atoms with Gasteiger partial charge in [0.15, 0.2) is 5.78 Å². The van der Waals surface area contributed by atoms with Crippen molar-refractivity contribution < 1.29 is 32.2 Å². The lowest BCUT2D eigenvalue weighted by molar-refractivity contribution is -0.166. The largest absolute Gasteiger partial charge is 0.496 e. The minimum atomic E-state index is -4.83. The quantitative estimate of drug-likeness (QED) is 0.217. The molecule has 4 rings (SSSR count). The number of hydrogen-bond donors (Lipinski definition) is 0. The molecule has 1 saturated carbocycles. The van der Waals surface area contributed by atoms with Gasteiger partial charge < -0.3 is 9.47 Å². The molecule has 1 heterocycles. The number of nitrogens with zero attached hydrogens (tertiary/aromatic N) is 1. The Morgan fingerprint density at radius 3 is 2.28 bits per heavy atom. The van der Waals surface area contributed by atoms with Crippen molar-refractivity contribution in [2.45, 2.75) is 85.2 Å². The maximum absolute atomic E-state index is 13.4. The van der Waals surface area contributed by atoms with E-state index >= 15 is 0 Å². The molecule has 0 amide bonds. The second-order valence-electron chi connectivity index (χ2n) is 12.3. The van der Waals surface area contributed by atoms with Gasteiger partial charge in [0.1, 0.15) is 11.5 Å². The van der Waals surface area contributed by atoms with Crippen molar-refractivity contribution >= 4 is 23.2 Å². The smallest absolute Gasteiger partial charge is 0.454 e. The average Bonchev–Trinajstić information content (AvgIpc) is 3.16. The minimum absolute atomic E-state index is 0.0264. The van der Waals surface area contributed by atoms with E-state index in [0.717, 1.165) is 60.1 Å². The van der Waals surface area contributed by atoms with Crippen molar-refractivity contribution in [2.75, 3.05) is 14.2 Å².